The molecule has 3 aliphatic rings. The smallest absolute Gasteiger partial charge is 0.0725 e. The zero-order valence-corrected chi connectivity index (χ0v) is 72.9. The Bertz CT molecular complexity index is 7480. The van der Waals surface area contributed by atoms with Crippen LogP contribution in [0.15, 0.2) is 498 Å². The molecule has 626 valence electrons. The Labute approximate surface area is 778 Å². The van der Waals surface area contributed by atoms with Gasteiger partial charge < -0.3 is 0 Å². The molecular formula is C126H82N8. The predicted molar refractivity (Wildman–Crippen MR) is 545 cm³/mol. The van der Waals surface area contributed by atoms with E-state index in [-0.39, 0.29) is 0 Å². The highest BCUT2D eigenvalue weighted by Crippen LogP contribution is 2.65. The molecule has 25 rings (SSSR count). The maximum atomic E-state index is 5.13. The summed E-state index contributed by atoms with van der Waals surface area (Å²) in [5.74, 6) is 0. The van der Waals surface area contributed by atoms with Crippen molar-refractivity contribution in [1.29, 1.82) is 0 Å². The molecule has 14 aromatic carbocycles. The van der Waals surface area contributed by atoms with Gasteiger partial charge in [0.05, 0.1) is 56.4 Å². The molecule has 8 heterocycles. The van der Waals surface area contributed by atoms with Gasteiger partial charge >= 0.3 is 0 Å². The summed E-state index contributed by atoms with van der Waals surface area (Å²) >= 11 is 0. The fraction of sp³-hybridized carbons (Fsp3) is 0.0159. The summed E-state index contributed by atoms with van der Waals surface area (Å²) in [6, 6.07) is 162. The molecule has 0 unspecified atom stereocenters. The summed E-state index contributed by atoms with van der Waals surface area (Å²) in [4.78, 5) is 37.4. The van der Waals surface area contributed by atoms with Gasteiger partial charge in [-0.1, -0.05) is 291 Å². The van der Waals surface area contributed by atoms with Crippen LogP contribution in [0.3, 0.4) is 0 Å². The van der Waals surface area contributed by atoms with Crippen LogP contribution in [0.25, 0.3) is 190 Å². The molecule has 8 nitrogen and oxygen atoms in total. The van der Waals surface area contributed by atoms with E-state index in [9.17, 15) is 0 Å². The van der Waals surface area contributed by atoms with Gasteiger partial charge in [-0.15, -0.1) is 0 Å². The van der Waals surface area contributed by atoms with E-state index < -0.39 is 10.8 Å². The van der Waals surface area contributed by atoms with E-state index in [4.69, 9.17) is 19.9 Å². The Morgan fingerprint density at radius 2 is 0.336 bits per heavy atom. The maximum absolute atomic E-state index is 5.13. The number of hydrogen-bond acceptors (Lipinski definition) is 8. The topological polar surface area (TPSA) is 103 Å². The van der Waals surface area contributed by atoms with E-state index in [1.54, 1.807) is 0 Å². The standard InChI is InChI=1S/C63H40N4.C63H42N4/c1-4-20-54-51(16-1)52-17-2-5-21-55(52)63(54)56-22-6-3-18-53(56)62-50(19-9-23-57(62)63)49-39-47(43-12-7-14-45(36-43)60-26-10-24-58(66-60)41-28-32-64-33-29-41)38-48(40-49)44-13-8-15-46(37-44)61-27-11-25-59(67-61)42-30-34-65-35-31-42;1-3-18-52(19-4-1)63(53-20-5-2-6-21-53)56-24-8-7-22-55(56)62-54(23-11-25-57(62)63)51-41-49(45-14-9-16-47(38-45)60-28-12-26-58(66-60)43-30-34-64-35-31-43)40-50(42-51)46-15-10-17-48(39-46)61-29-13-27-59(67-61)44-32-36-65-37-33-44/h1-40H;1-42H. The molecule has 8 aromatic heterocycles. The quantitative estimate of drug-likeness (QED) is 0.0943. The lowest BCUT2D eigenvalue weighted by atomic mass is 9.67. The van der Waals surface area contributed by atoms with Crippen LogP contribution < -0.4 is 0 Å². The third kappa shape index (κ3) is 14.1. The molecule has 0 saturated heterocycles. The number of nitrogens with zero attached hydrogens (tertiary/aromatic N) is 8. The lowest BCUT2D eigenvalue weighted by Crippen LogP contribution is -2.28. The van der Waals surface area contributed by atoms with E-state index in [1.807, 2.05) is 98.1 Å². The summed E-state index contributed by atoms with van der Waals surface area (Å²) in [5, 5.41) is 0. The molecule has 8 heteroatoms. The first-order valence-corrected chi connectivity index (χ1v) is 45.4. The minimum atomic E-state index is -0.511. The van der Waals surface area contributed by atoms with E-state index in [1.165, 1.54) is 89.0 Å². The number of fused-ring (bicyclic) bond motifs is 13. The Kier molecular flexibility index (Phi) is 20.2. The number of benzene rings is 14. The van der Waals surface area contributed by atoms with Crippen molar-refractivity contribution in [2.45, 2.75) is 10.8 Å². The van der Waals surface area contributed by atoms with Crippen molar-refractivity contribution in [3.05, 3.63) is 543 Å². The van der Waals surface area contributed by atoms with Crippen LogP contribution in [0.5, 0.6) is 0 Å². The number of pyridine rings is 8. The molecule has 134 heavy (non-hydrogen) atoms. The average Bonchev–Trinajstić information content (AvgIpc) is 1.51. The first kappa shape index (κ1) is 79.7. The summed E-state index contributed by atoms with van der Waals surface area (Å²) in [6.07, 6.45) is 14.5. The summed E-state index contributed by atoms with van der Waals surface area (Å²) < 4.78 is 0. The minimum absolute atomic E-state index is 0.437. The predicted octanol–water partition coefficient (Wildman–Crippen LogP) is 30.6. The van der Waals surface area contributed by atoms with E-state index in [0.717, 1.165) is 146 Å². The fourth-order valence-electron chi connectivity index (χ4n) is 20.9. The second-order valence-electron chi connectivity index (χ2n) is 34.4. The monoisotopic (exact) mass is 1710 g/mol. The van der Waals surface area contributed by atoms with Gasteiger partial charge in [0, 0.05) is 94.1 Å². The van der Waals surface area contributed by atoms with Crippen LogP contribution in [-0.2, 0) is 10.8 Å². The van der Waals surface area contributed by atoms with Gasteiger partial charge in [-0.3, -0.25) is 19.9 Å². The van der Waals surface area contributed by atoms with Crippen molar-refractivity contribution in [2.75, 3.05) is 0 Å². The third-order valence-corrected chi connectivity index (χ3v) is 26.9. The van der Waals surface area contributed by atoms with Crippen LogP contribution >= 0.6 is 0 Å². The zero-order valence-electron chi connectivity index (χ0n) is 72.9. The van der Waals surface area contributed by atoms with Crippen molar-refractivity contribution in [1.82, 2.24) is 39.9 Å². The summed E-state index contributed by atoms with van der Waals surface area (Å²) in [5.41, 5.74) is 46.4. The molecule has 22 aromatic rings. The molecule has 0 aliphatic heterocycles. The third-order valence-electron chi connectivity index (χ3n) is 26.9. The van der Waals surface area contributed by atoms with Crippen molar-refractivity contribution < 1.29 is 0 Å². The molecule has 0 atom stereocenters. The van der Waals surface area contributed by atoms with Gasteiger partial charge in [-0.05, 0) is 302 Å². The van der Waals surface area contributed by atoms with Crippen LogP contribution in [0.4, 0.5) is 0 Å². The first-order valence-electron chi connectivity index (χ1n) is 45.4. The van der Waals surface area contributed by atoms with Crippen molar-refractivity contribution in [3.8, 4) is 190 Å². The molecule has 0 N–H and O–H groups in total. The highest BCUT2D eigenvalue weighted by molar-refractivity contribution is 6.02. The van der Waals surface area contributed by atoms with E-state index in [2.05, 4.69) is 420 Å². The lowest BCUT2D eigenvalue weighted by molar-refractivity contribution is 0.768. The largest absolute Gasteiger partial charge is 0.265 e. The second-order valence-corrected chi connectivity index (χ2v) is 34.4. The Balaban J connectivity index is 0.000000147. The Morgan fingerprint density at radius 3 is 0.649 bits per heavy atom. The number of aromatic nitrogens is 8. The fourth-order valence-corrected chi connectivity index (χ4v) is 20.9. The van der Waals surface area contributed by atoms with Crippen molar-refractivity contribution in [3.63, 3.8) is 0 Å². The highest BCUT2D eigenvalue weighted by atomic mass is 14.7. The molecule has 1 spiro atoms. The van der Waals surface area contributed by atoms with Gasteiger partial charge in [-0.2, -0.15) is 0 Å². The summed E-state index contributed by atoms with van der Waals surface area (Å²) in [7, 11) is 0. The SMILES string of the molecule is c1cc(-c2cc(-c3cccc(-c4cccc(-c5ccncc5)n4)c3)cc(-c3cccc4c3-c3ccccc3C43c4ccccc4-c4ccccc43)c2)cc(-c2cccc(-c3ccncc3)n2)c1.c1ccc(C2(c3ccccc3)c3ccccc3-c3c(-c4cc(-c5cccc(-c6cccc(-c7ccncc7)n6)c5)cc(-c5cccc(-c6cccc(-c7ccncc7)n6)c5)c4)cccc32)cc1. The van der Waals surface area contributed by atoms with Crippen LogP contribution in [0.1, 0.15) is 44.5 Å². The molecule has 0 fully saturated rings. The molecule has 3 aliphatic carbocycles. The van der Waals surface area contributed by atoms with Crippen LogP contribution in [-0.4, -0.2) is 39.9 Å². The molecular weight excluding hydrogens is 1630 g/mol. The van der Waals surface area contributed by atoms with Crippen LogP contribution in [0.2, 0.25) is 0 Å². The van der Waals surface area contributed by atoms with E-state index >= 15 is 0 Å². The second kappa shape index (κ2) is 34.0. The number of hydrogen-bond donors (Lipinski definition) is 0. The van der Waals surface area contributed by atoms with Crippen molar-refractivity contribution in [2.24, 2.45) is 0 Å². The zero-order chi connectivity index (χ0) is 88.9. The number of rotatable bonds is 16. The lowest BCUT2D eigenvalue weighted by Gasteiger charge is -2.34. The van der Waals surface area contributed by atoms with Gasteiger partial charge in [0.25, 0.3) is 0 Å². The highest BCUT2D eigenvalue weighted by Gasteiger charge is 2.52. The van der Waals surface area contributed by atoms with Crippen LogP contribution in [0, 0.1) is 0 Å². The summed E-state index contributed by atoms with van der Waals surface area (Å²) in [6.45, 7) is 0. The van der Waals surface area contributed by atoms with Gasteiger partial charge in [-0.25, -0.2) is 19.9 Å². The molecule has 0 bridgehead atoms. The van der Waals surface area contributed by atoms with Gasteiger partial charge in [0.15, 0.2) is 0 Å². The van der Waals surface area contributed by atoms with Gasteiger partial charge in [0.2, 0.25) is 0 Å². The van der Waals surface area contributed by atoms with Gasteiger partial charge in [0.1, 0.15) is 0 Å². The molecule has 0 radical (unpaired) electrons. The van der Waals surface area contributed by atoms with E-state index in [0.29, 0.717) is 0 Å². The average molecular weight is 1710 g/mol. The normalized spacial score (nSPS) is 12.4. The minimum Gasteiger partial charge on any atom is -0.265 e. The first-order chi connectivity index (χ1) is 66.4. The Morgan fingerprint density at radius 1 is 0.127 bits per heavy atom. The molecule has 0 amide bonds. The maximum Gasteiger partial charge on any atom is 0.0725 e. The van der Waals surface area contributed by atoms with Crippen molar-refractivity contribution >= 4 is 0 Å². The molecule has 0 saturated carbocycles. The Hall–Kier alpha value is -17.7.